The largest absolute Gasteiger partial charge is 0.264 e. The maximum atomic E-state index is 5.27. The second-order valence-corrected chi connectivity index (χ2v) is 35.1. The van der Waals surface area contributed by atoms with Crippen molar-refractivity contribution in [2.45, 2.75) is 0 Å². The molecule has 0 radical (unpaired) electrons. The molecule has 0 bridgehead atoms. The van der Waals surface area contributed by atoms with Gasteiger partial charge in [-0.05, 0) is 204 Å². The Hall–Kier alpha value is -18.8. The Morgan fingerprint density at radius 1 is 0.129 bits per heavy atom. The first kappa shape index (κ1) is 84.2. The molecule has 140 heavy (non-hydrogen) atoms. The maximum Gasteiger partial charge on any atom is 0.161 e. The van der Waals surface area contributed by atoms with Crippen LogP contribution in [0.15, 0.2) is 516 Å². The summed E-state index contributed by atoms with van der Waals surface area (Å²) in [4.78, 5) is 44.4. The zero-order chi connectivity index (χ0) is 93.0. The first-order valence-corrected chi connectivity index (χ1v) is 47.1. The van der Waals surface area contributed by atoms with Crippen LogP contribution < -0.4 is 0 Å². The van der Waals surface area contributed by atoms with E-state index in [0.29, 0.717) is 17.5 Å². The van der Waals surface area contributed by atoms with Gasteiger partial charge in [-0.3, -0.25) is 15.0 Å². The molecule has 654 valence electrons. The lowest BCUT2D eigenvalue weighted by atomic mass is 9.95. The van der Waals surface area contributed by atoms with Crippen molar-refractivity contribution < 1.29 is 0 Å². The van der Waals surface area contributed by atoms with Gasteiger partial charge in [0.15, 0.2) is 17.5 Å². The lowest BCUT2D eigenvalue weighted by Gasteiger charge is -2.14. The Morgan fingerprint density at radius 2 is 0.436 bits per heavy atom. The predicted octanol–water partition coefficient (Wildman–Crippen LogP) is 33.8. The highest BCUT2D eigenvalue weighted by Crippen LogP contribution is 2.43. The summed E-state index contributed by atoms with van der Waals surface area (Å²) in [6.07, 6.45) is 9.23. The third kappa shape index (κ3) is 17.1. The van der Waals surface area contributed by atoms with E-state index >= 15 is 0 Å². The summed E-state index contributed by atoms with van der Waals surface area (Å²) in [7, 11) is 0. The molecule has 0 unspecified atom stereocenters. The van der Waals surface area contributed by atoms with Crippen LogP contribution in [0.5, 0.6) is 0 Å². The summed E-state index contributed by atoms with van der Waals surface area (Å²) in [5.74, 6) is 2.11. The van der Waals surface area contributed by atoms with Crippen molar-refractivity contribution in [1.82, 2.24) is 44.9 Å². The standard InChI is InChI=1S/2C45H29N3.C41H27N3/c1-3-16-36-30(10-1)12-6-18-37(36)32-23-25-33(26-24-32)43-29-44(48-45(47-43)41-20-7-13-31-11-2-4-17-38(31)41)35-15-5-14-34(28-35)39-19-8-22-42-40(39)21-9-27-46-42;1-3-16-37-30(10-1)12-8-20-38(37)31-21-23-32(24-22-31)43-28-44(35-14-7-13-33(26-35)36-15-9-25-46-29-36)48-45(47-43)42-27-34-11-2-4-17-39(34)40-18-5-6-19-41(40)42;1-2-10-32-25-35(22-17-28(32)8-1)41-43-39(26-40(44-41)34-13-5-12-33(24-34)36-14-7-23-42-27-36)31-20-18-30(19-21-31)38-16-6-11-29-9-3-4-15-37(29)38/h2*1-29H;1-27H. The molecular formula is C131H85N9. The van der Waals surface area contributed by atoms with Gasteiger partial charge in [0.05, 0.1) is 39.7 Å². The first-order valence-electron chi connectivity index (χ1n) is 47.1. The second-order valence-electron chi connectivity index (χ2n) is 35.1. The molecule has 26 rings (SSSR count). The van der Waals surface area contributed by atoms with Crippen LogP contribution in [0.3, 0.4) is 0 Å². The van der Waals surface area contributed by atoms with Gasteiger partial charge in [-0.1, -0.05) is 413 Å². The summed E-state index contributed by atoms with van der Waals surface area (Å²) in [5.41, 5.74) is 29.3. The van der Waals surface area contributed by atoms with E-state index in [-0.39, 0.29) is 0 Å². The van der Waals surface area contributed by atoms with E-state index in [2.05, 4.69) is 482 Å². The Morgan fingerprint density at radius 3 is 0.900 bits per heavy atom. The second kappa shape index (κ2) is 37.6. The van der Waals surface area contributed by atoms with Gasteiger partial charge >= 0.3 is 0 Å². The fourth-order valence-electron chi connectivity index (χ4n) is 19.5. The van der Waals surface area contributed by atoms with E-state index in [9.17, 15) is 0 Å². The van der Waals surface area contributed by atoms with Crippen molar-refractivity contribution in [3.8, 4) is 168 Å². The molecule has 9 nitrogen and oxygen atoms in total. The van der Waals surface area contributed by atoms with Crippen molar-refractivity contribution in [3.05, 3.63) is 516 Å². The minimum Gasteiger partial charge on any atom is -0.264 e. The van der Waals surface area contributed by atoms with Gasteiger partial charge in [-0.15, -0.1) is 0 Å². The molecule has 0 aliphatic rings. The SMILES string of the molecule is c1cc(-c2cc(-c3ccc(-c4cccc5ccccc45)cc3)nc(-c3cccc4ccccc34)n2)cc(-c2cccc3ncccc23)c1.c1cncc(-c2cccc(-c3cc(-c4ccc(-c5cccc6ccccc56)cc4)nc(-c4cc5ccccc5c5ccccc45)n3)c2)c1.c1cncc(-c2cccc(-c3cc(-c4ccc(-c5cccc6ccccc56)cc4)nc(-c4ccc5ccccc5c4)n3)c2)c1. The zero-order valence-corrected chi connectivity index (χ0v) is 76.1. The molecule has 20 aromatic carbocycles. The van der Waals surface area contributed by atoms with E-state index in [1.54, 1.807) is 12.4 Å². The summed E-state index contributed by atoms with van der Waals surface area (Å²) >= 11 is 0. The minimum atomic E-state index is 0.702. The van der Waals surface area contributed by atoms with Crippen LogP contribution in [-0.2, 0) is 0 Å². The quantitative estimate of drug-likeness (QED) is 0.0925. The number of benzene rings is 20. The predicted molar refractivity (Wildman–Crippen MR) is 581 cm³/mol. The van der Waals surface area contributed by atoms with Crippen LogP contribution in [0.25, 0.3) is 255 Å². The Kier molecular flexibility index (Phi) is 22.6. The molecule has 0 spiro atoms. The number of nitrogens with zero attached hydrogens (tertiary/aromatic N) is 9. The highest BCUT2D eigenvalue weighted by Gasteiger charge is 2.21. The molecule has 6 heterocycles. The molecule has 0 aliphatic carbocycles. The number of rotatable bonds is 15. The van der Waals surface area contributed by atoms with Crippen LogP contribution in [0.4, 0.5) is 0 Å². The molecule has 0 aliphatic heterocycles. The van der Waals surface area contributed by atoms with Gasteiger partial charge in [-0.2, -0.15) is 0 Å². The smallest absolute Gasteiger partial charge is 0.161 e. The topological polar surface area (TPSA) is 116 Å². The third-order valence-electron chi connectivity index (χ3n) is 26.5. The molecule has 0 N–H and O–H groups in total. The van der Waals surface area contributed by atoms with E-state index in [1.807, 2.05) is 36.8 Å². The highest BCUT2D eigenvalue weighted by molar-refractivity contribution is 6.14. The van der Waals surface area contributed by atoms with Gasteiger partial charge in [0.1, 0.15) is 0 Å². The molecule has 0 fully saturated rings. The van der Waals surface area contributed by atoms with Crippen molar-refractivity contribution in [2.75, 3.05) is 0 Å². The summed E-state index contributed by atoms with van der Waals surface area (Å²) in [6.45, 7) is 0. The van der Waals surface area contributed by atoms with Crippen LogP contribution in [-0.4, -0.2) is 44.9 Å². The molecule has 0 atom stereocenters. The Bertz CT molecular complexity index is 9160. The van der Waals surface area contributed by atoms with Crippen LogP contribution in [0.1, 0.15) is 0 Å². The molecular weight excluding hydrogens is 1700 g/mol. The molecule has 26 aromatic rings. The maximum absolute atomic E-state index is 5.27. The highest BCUT2D eigenvalue weighted by atomic mass is 14.9. The van der Waals surface area contributed by atoms with Crippen molar-refractivity contribution >= 4 is 86.3 Å². The first-order chi connectivity index (χ1) is 69.3. The molecule has 9 heteroatoms. The third-order valence-corrected chi connectivity index (χ3v) is 26.5. The fraction of sp³-hybridized carbons (Fsp3) is 0. The summed E-state index contributed by atoms with van der Waals surface area (Å²) < 4.78 is 0. The van der Waals surface area contributed by atoms with Crippen LogP contribution >= 0.6 is 0 Å². The average molecular weight is 1790 g/mol. The zero-order valence-electron chi connectivity index (χ0n) is 76.1. The van der Waals surface area contributed by atoms with Gasteiger partial charge in [0.2, 0.25) is 0 Å². The van der Waals surface area contributed by atoms with E-state index in [1.165, 1.54) is 92.6 Å². The van der Waals surface area contributed by atoms with Gasteiger partial charge in [0.25, 0.3) is 0 Å². The van der Waals surface area contributed by atoms with Crippen molar-refractivity contribution in [2.24, 2.45) is 0 Å². The number of hydrogen-bond acceptors (Lipinski definition) is 9. The van der Waals surface area contributed by atoms with Gasteiger partial charge in [0, 0.05) is 97.6 Å². The normalized spacial score (nSPS) is 11.3. The van der Waals surface area contributed by atoms with Gasteiger partial charge < -0.3 is 0 Å². The monoisotopic (exact) mass is 1780 g/mol. The molecule has 0 saturated heterocycles. The lowest BCUT2D eigenvalue weighted by Crippen LogP contribution is -1.97. The number of pyridine rings is 3. The van der Waals surface area contributed by atoms with E-state index in [0.717, 1.165) is 145 Å². The number of fused-ring (bicyclic) bond motifs is 9. The number of hydrogen-bond donors (Lipinski definition) is 0. The van der Waals surface area contributed by atoms with Crippen molar-refractivity contribution in [1.29, 1.82) is 0 Å². The summed E-state index contributed by atoms with van der Waals surface area (Å²) in [6, 6.07) is 171. The average Bonchev–Trinajstić information content (AvgIpc) is 0.754. The Balaban J connectivity index is 0.000000114. The molecule has 6 aromatic heterocycles. The van der Waals surface area contributed by atoms with Gasteiger partial charge in [-0.25, -0.2) is 29.9 Å². The van der Waals surface area contributed by atoms with Crippen LogP contribution in [0, 0.1) is 0 Å². The van der Waals surface area contributed by atoms with Crippen LogP contribution in [0.2, 0.25) is 0 Å². The fourth-order valence-corrected chi connectivity index (χ4v) is 19.5. The van der Waals surface area contributed by atoms with Crippen molar-refractivity contribution in [3.63, 3.8) is 0 Å². The summed E-state index contributed by atoms with van der Waals surface area (Å²) in [5, 5.41) is 18.0. The van der Waals surface area contributed by atoms with E-state index < -0.39 is 0 Å². The minimum absolute atomic E-state index is 0.702. The number of aromatic nitrogens is 9. The Labute approximate surface area is 810 Å². The molecule has 0 saturated carbocycles. The van der Waals surface area contributed by atoms with E-state index in [4.69, 9.17) is 29.9 Å². The lowest BCUT2D eigenvalue weighted by molar-refractivity contribution is 1.18. The molecule has 0 amide bonds.